The molecule has 38 heavy (non-hydrogen) atoms. The van der Waals surface area contributed by atoms with E-state index in [1.807, 2.05) is 42.5 Å². The van der Waals surface area contributed by atoms with Crippen LogP contribution in [0.1, 0.15) is 41.3 Å². The fourth-order valence-electron chi connectivity index (χ4n) is 3.71. The van der Waals surface area contributed by atoms with Gasteiger partial charge in [0.05, 0.1) is 11.4 Å². The average molecular weight is 511 g/mol. The second-order valence-corrected chi connectivity index (χ2v) is 8.84. The minimum absolute atomic E-state index is 0.214. The number of aromatic nitrogens is 3. The van der Waals surface area contributed by atoms with Gasteiger partial charge in [-0.15, -0.1) is 0 Å². The molecule has 0 bridgehead atoms. The van der Waals surface area contributed by atoms with Crippen LogP contribution in [-0.2, 0) is 13.0 Å². The van der Waals surface area contributed by atoms with Crippen molar-refractivity contribution in [3.63, 3.8) is 0 Å². The van der Waals surface area contributed by atoms with Gasteiger partial charge in [-0.05, 0) is 48.2 Å². The molecule has 0 saturated heterocycles. The molecule has 0 aliphatic rings. The monoisotopic (exact) mass is 510 g/mol. The number of nitrogen functional groups attached to an aromatic ring is 1. The first-order valence-electron chi connectivity index (χ1n) is 12.9. The quantitative estimate of drug-likeness (QED) is 0.123. The number of carbonyl (C=O) groups excluding carboxylic acids is 1. The van der Waals surface area contributed by atoms with E-state index in [4.69, 9.17) is 5.73 Å². The van der Waals surface area contributed by atoms with Crippen molar-refractivity contribution in [3.05, 3.63) is 95.6 Å². The van der Waals surface area contributed by atoms with Crippen LogP contribution in [-0.4, -0.2) is 33.9 Å². The molecule has 3 aromatic carbocycles. The Morgan fingerprint density at radius 2 is 1.37 bits per heavy atom. The Balaban J connectivity index is 1.37. The van der Waals surface area contributed by atoms with Gasteiger partial charge < -0.3 is 27.0 Å². The number of unbranched alkanes of at least 4 members (excludes halogenated alkanes) is 1. The third-order valence-corrected chi connectivity index (χ3v) is 5.86. The smallest absolute Gasteiger partial charge is 0.255 e. The Morgan fingerprint density at radius 1 is 0.737 bits per heavy atom. The predicted molar refractivity (Wildman–Crippen MR) is 154 cm³/mol. The number of nitrogens with two attached hydrogens (primary N) is 1. The highest BCUT2D eigenvalue weighted by molar-refractivity contribution is 6.05. The summed E-state index contributed by atoms with van der Waals surface area (Å²) in [4.78, 5) is 26.2. The fourth-order valence-corrected chi connectivity index (χ4v) is 3.71. The highest BCUT2D eigenvalue weighted by Crippen LogP contribution is 2.18. The van der Waals surface area contributed by atoms with Gasteiger partial charge in [-0.2, -0.15) is 15.0 Å². The molecule has 196 valence electrons. The van der Waals surface area contributed by atoms with Crippen LogP contribution in [0, 0.1) is 0 Å². The topological polar surface area (TPSA) is 130 Å². The first-order valence-corrected chi connectivity index (χ1v) is 12.9. The van der Waals surface area contributed by atoms with Crippen molar-refractivity contribution in [1.82, 2.24) is 15.0 Å². The van der Waals surface area contributed by atoms with Gasteiger partial charge in [0.15, 0.2) is 0 Å². The van der Waals surface area contributed by atoms with E-state index in [0.717, 1.165) is 31.4 Å². The summed E-state index contributed by atoms with van der Waals surface area (Å²) >= 11 is 0. The lowest BCUT2D eigenvalue weighted by molar-refractivity contribution is 0.102. The second-order valence-electron chi connectivity index (χ2n) is 8.84. The summed E-state index contributed by atoms with van der Waals surface area (Å²) < 4.78 is 0. The summed E-state index contributed by atoms with van der Waals surface area (Å²) in [5.41, 5.74) is 9.82. The van der Waals surface area contributed by atoms with Crippen molar-refractivity contribution in [2.75, 3.05) is 40.1 Å². The molecule has 1 amide bonds. The molecular formula is C29H34N8O. The third-order valence-electron chi connectivity index (χ3n) is 5.86. The van der Waals surface area contributed by atoms with Crippen LogP contribution in [0.5, 0.6) is 0 Å². The van der Waals surface area contributed by atoms with Crippen molar-refractivity contribution in [2.45, 2.75) is 32.7 Å². The maximum absolute atomic E-state index is 12.6. The molecule has 9 nitrogen and oxygen atoms in total. The van der Waals surface area contributed by atoms with E-state index < -0.39 is 0 Å². The van der Waals surface area contributed by atoms with Gasteiger partial charge in [-0.3, -0.25) is 4.79 Å². The summed E-state index contributed by atoms with van der Waals surface area (Å²) in [7, 11) is 0. The van der Waals surface area contributed by atoms with Gasteiger partial charge in [-0.25, -0.2) is 0 Å². The molecule has 0 aliphatic carbocycles. The summed E-state index contributed by atoms with van der Waals surface area (Å²) in [6.45, 7) is 4.14. The average Bonchev–Trinajstić information content (AvgIpc) is 2.94. The number of amides is 1. The standard InChI is InChI=1S/C29H34N8O/c1-2-3-18-31-27-35-28(32-19-17-21-9-5-4-6-10-21)37-29(36-27)33-20-22-13-15-23(16-14-22)26(38)34-25-12-8-7-11-24(25)30/h4-16H,2-3,17-20,30H2,1H3,(H,34,38)(H3,31,32,33,35,36,37). The maximum atomic E-state index is 12.6. The Hall–Kier alpha value is -4.66. The Morgan fingerprint density at radius 3 is 2.05 bits per heavy atom. The van der Waals surface area contributed by atoms with Crippen molar-refractivity contribution in [2.24, 2.45) is 0 Å². The molecule has 0 fully saturated rings. The molecule has 4 aromatic rings. The lowest BCUT2D eigenvalue weighted by Crippen LogP contribution is -2.15. The fraction of sp³-hybridized carbons (Fsp3) is 0.241. The molecule has 0 atom stereocenters. The molecule has 1 aromatic heterocycles. The first-order chi connectivity index (χ1) is 18.6. The highest BCUT2D eigenvalue weighted by atomic mass is 16.1. The van der Waals surface area contributed by atoms with Crippen LogP contribution in [0.2, 0.25) is 0 Å². The van der Waals surface area contributed by atoms with Gasteiger partial charge in [0, 0.05) is 25.2 Å². The van der Waals surface area contributed by atoms with E-state index in [2.05, 4.69) is 55.3 Å². The normalized spacial score (nSPS) is 10.6. The number of carbonyl (C=O) groups is 1. The number of rotatable bonds is 13. The van der Waals surface area contributed by atoms with E-state index in [1.54, 1.807) is 24.3 Å². The molecule has 0 saturated carbocycles. The summed E-state index contributed by atoms with van der Waals surface area (Å²) in [5, 5.41) is 12.7. The molecule has 9 heteroatoms. The predicted octanol–water partition coefficient (Wildman–Crippen LogP) is 5.18. The Kier molecular flexibility index (Phi) is 9.45. The van der Waals surface area contributed by atoms with Crippen molar-refractivity contribution in [3.8, 4) is 0 Å². The molecule has 6 N–H and O–H groups in total. The molecule has 1 heterocycles. The van der Waals surface area contributed by atoms with Gasteiger partial charge >= 0.3 is 0 Å². The van der Waals surface area contributed by atoms with Crippen LogP contribution in [0.25, 0.3) is 0 Å². The Labute approximate surface area is 223 Å². The van der Waals surface area contributed by atoms with Crippen LogP contribution in [0.3, 0.4) is 0 Å². The SMILES string of the molecule is CCCCNc1nc(NCCc2ccccc2)nc(NCc2ccc(C(=O)Nc3ccccc3N)cc2)n1. The summed E-state index contributed by atoms with van der Waals surface area (Å²) in [6.07, 6.45) is 2.98. The lowest BCUT2D eigenvalue weighted by atomic mass is 10.1. The number of hydrogen-bond acceptors (Lipinski definition) is 8. The zero-order valence-corrected chi connectivity index (χ0v) is 21.6. The minimum Gasteiger partial charge on any atom is -0.397 e. The number of nitrogens with zero attached hydrogens (tertiary/aromatic N) is 3. The van der Waals surface area contributed by atoms with Gasteiger partial charge in [0.1, 0.15) is 0 Å². The molecule has 0 spiro atoms. The molecule has 0 unspecified atom stereocenters. The van der Waals surface area contributed by atoms with Crippen molar-refractivity contribution < 1.29 is 4.79 Å². The molecule has 0 aliphatic heterocycles. The lowest BCUT2D eigenvalue weighted by Gasteiger charge is -2.12. The van der Waals surface area contributed by atoms with Crippen LogP contribution < -0.4 is 27.0 Å². The minimum atomic E-state index is -0.214. The van der Waals surface area contributed by atoms with Crippen LogP contribution in [0.15, 0.2) is 78.9 Å². The first kappa shape index (κ1) is 26.4. The largest absolute Gasteiger partial charge is 0.397 e. The van der Waals surface area contributed by atoms with E-state index >= 15 is 0 Å². The highest BCUT2D eigenvalue weighted by Gasteiger charge is 2.09. The third kappa shape index (κ3) is 7.92. The zero-order valence-electron chi connectivity index (χ0n) is 21.6. The van der Waals surface area contributed by atoms with E-state index in [0.29, 0.717) is 47.9 Å². The number of benzene rings is 3. The number of anilines is 5. The maximum Gasteiger partial charge on any atom is 0.255 e. The Bertz CT molecular complexity index is 1310. The van der Waals surface area contributed by atoms with Crippen LogP contribution >= 0.6 is 0 Å². The molecular weight excluding hydrogens is 476 g/mol. The number of nitrogens with one attached hydrogen (secondary N) is 4. The van der Waals surface area contributed by atoms with E-state index in [-0.39, 0.29) is 5.91 Å². The number of para-hydroxylation sites is 2. The van der Waals surface area contributed by atoms with Crippen LogP contribution in [0.4, 0.5) is 29.2 Å². The number of hydrogen-bond donors (Lipinski definition) is 5. The van der Waals surface area contributed by atoms with Crippen molar-refractivity contribution >= 4 is 35.1 Å². The summed E-state index contributed by atoms with van der Waals surface area (Å²) in [5.74, 6) is 1.31. The molecule has 0 radical (unpaired) electrons. The second kappa shape index (κ2) is 13.6. The van der Waals surface area contributed by atoms with E-state index in [1.165, 1.54) is 5.56 Å². The summed E-state index contributed by atoms with van der Waals surface area (Å²) in [6, 6.07) is 24.8. The van der Waals surface area contributed by atoms with E-state index in [9.17, 15) is 4.79 Å². The molecule has 4 rings (SSSR count). The van der Waals surface area contributed by atoms with Gasteiger partial charge in [-0.1, -0.05) is 67.9 Å². The van der Waals surface area contributed by atoms with Gasteiger partial charge in [0.2, 0.25) is 17.8 Å². The zero-order chi connectivity index (χ0) is 26.6. The van der Waals surface area contributed by atoms with Crippen molar-refractivity contribution in [1.29, 1.82) is 0 Å². The van der Waals surface area contributed by atoms with Gasteiger partial charge in [0.25, 0.3) is 5.91 Å².